The average molecular weight is 436 g/mol. The molecule has 170 valence electrons. The summed E-state index contributed by atoms with van der Waals surface area (Å²) in [6, 6.07) is 15.1. The SMILES string of the molecule is Cc1cc(/C=C/C(=O)NOC2CCCCO2)ccc1-c1ccc(N2CCN(C)CC2)cc1. The summed E-state index contributed by atoms with van der Waals surface area (Å²) >= 11 is 0. The van der Waals surface area contributed by atoms with Crippen LogP contribution in [0.1, 0.15) is 30.4 Å². The number of benzene rings is 2. The van der Waals surface area contributed by atoms with Crippen molar-refractivity contribution in [3.8, 4) is 11.1 Å². The van der Waals surface area contributed by atoms with E-state index in [2.05, 4.69) is 65.6 Å². The number of likely N-dealkylation sites (N-methyl/N-ethyl adjacent to an activating group) is 1. The second-order valence-corrected chi connectivity index (χ2v) is 8.63. The summed E-state index contributed by atoms with van der Waals surface area (Å²) in [5, 5.41) is 0. The highest BCUT2D eigenvalue weighted by atomic mass is 16.8. The van der Waals surface area contributed by atoms with Crippen LogP contribution >= 0.6 is 0 Å². The van der Waals surface area contributed by atoms with E-state index < -0.39 is 0 Å². The van der Waals surface area contributed by atoms with Crippen molar-refractivity contribution in [3.63, 3.8) is 0 Å². The number of anilines is 1. The number of piperazine rings is 1. The molecule has 2 saturated heterocycles. The number of hydrogen-bond acceptors (Lipinski definition) is 5. The number of hydroxylamine groups is 1. The number of carbonyl (C=O) groups is 1. The van der Waals surface area contributed by atoms with Gasteiger partial charge in [-0.25, -0.2) is 10.3 Å². The number of aryl methyl sites for hydroxylation is 1. The van der Waals surface area contributed by atoms with E-state index in [0.29, 0.717) is 6.61 Å². The van der Waals surface area contributed by atoms with E-state index in [0.717, 1.165) is 51.0 Å². The molecule has 2 aliphatic rings. The molecule has 2 aromatic carbocycles. The van der Waals surface area contributed by atoms with Crippen molar-refractivity contribution >= 4 is 17.7 Å². The lowest BCUT2D eigenvalue weighted by Gasteiger charge is -2.34. The van der Waals surface area contributed by atoms with Crippen LogP contribution in [0, 0.1) is 6.92 Å². The van der Waals surface area contributed by atoms with E-state index in [1.807, 2.05) is 6.07 Å². The first-order chi connectivity index (χ1) is 15.6. The first-order valence-electron chi connectivity index (χ1n) is 11.5. The predicted octanol–water partition coefficient (Wildman–Crippen LogP) is 4.00. The fourth-order valence-corrected chi connectivity index (χ4v) is 4.16. The number of nitrogens with one attached hydrogen (secondary N) is 1. The van der Waals surface area contributed by atoms with Gasteiger partial charge in [-0.2, -0.15) is 0 Å². The maximum absolute atomic E-state index is 12.0. The van der Waals surface area contributed by atoms with E-state index >= 15 is 0 Å². The van der Waals surface area contributed by atoms with Crippen LogP contribution in [0.4, 0.5) is 5.69 Å². The molecule has 1 atom stereocenters. The Morgan fingerprint density at radius 2 is 1.88 bits per heavy atom. The van der Waals surface area contributed by atoms with Crippen LogP contribution in [-0.2, 0) is 14.4 Å². The maximum Gasteiger partial charge on any atom is 0.267 e. The monoisotopic (exact) mass is 435 g/mol. The molecular formula is C26H33N3O3. The Labute approximate surface area is 190 Å². The third kappa shape index (κ3) is 5.97. The van der Waals surface area contributed by atoms with Gasteiger partial charge >= 0.3 is 0 Å². The predicted molar refractivity (Wildman–Crippen MR) is 128 cm³/mol. The van der Waals surface area contributed by atoms with E-state index in [4.69, 9.17) is 9.57 Å². The second kappa shape index (κ2) is 10.8. The van der Waals surface area contributed by atoms with Crippen molar-refractivity contribution in [3.05, 3.63) is 59.7 Å². The molecule has 6 nitrogen and oxygen atoms in total. The fourth-order valence-electron chi connectivity index (χ4n) is 4.16. The molecule has 0 aliphatic carbocycles. The van der Waals surface area contributed by atoms with Gasteiger partial charge in [0.1, 0.15) is 0 Å². The standard InChI is InChI=1S/C26H33N3O3/c1-20-19-21(7-13-25(30)27-32-26-5-3-4-18-31-26)6-12-24(20)22-8-10-23(11-9-22)29-16-14-28(2)15-17-29/h6-13,19,26H,3-5,14-18H2,1-2H3,(H,27,30)/b13-7+. The molecule has 6 heteroatoms. The molecule has 0 saturated carbocycles. The molecule has 2 aromatic rings. The van der Waals surface area contributed by atoms with Crippen LogP contribution < -0.4 is 10.4 Å². The minimum atomic E-state index is -0.342. The number of ether oxygens (including phenoxy) is 1. The number of nitrogens with zero attached hydrogens (tertiary/aromatic N) is 2. The number of amides is 1. The zero-order valence-electron chi connectivity index (χ0n) is 19.0. The number of rotatable bonds is 6. The van der Waals surface area contributed by atoms with Gasteiger partial charge in [-0.1, -0.05) is 30.3 Å². The molecule has 32 heavy (non-hydrogen) atoms. The van der Waals surface area contributed by atoms with Crippen molar-refractivity contribution in [2.45, 2.75) is 32.5 Å². The van der Waals surface area contributed by atoms with Crippen molar-refractivity contribution in [1.29, 1.82) is 0 Å². The van der Waals surface area contributed by atoms with Crippen LogP contribution in [0.15, 0.2) is 48.5 Å². The first-order valence-corrected chi connectivity index (χ1v) is 11.5. The largest absolute Gasteiger partial charge is 0.369 e. The smallest absolute Gasteiger partial charge is 0.267 e. The van der Waals surface area contributed by atoms with Crippen molar-refractivity contribution in [2.24, 2.45) is 0 Å². The van der Waals surface area contributed by atoms with Crippen molar-refractivity contribution in [1.82, 2.24) is 10.4 Å². The average Bonchev–Trinajstić information content (AvgIpc) is 2.83. The summed E-state index contributed by atoms with van der Waals surface area (Å²) < 4.78 is 5.44. The summed E-state index contributed by atoms with van der Waals surface area (Å²) in [4.78, 5) is 22.2. The summed E-state index contributed by atoms with van der Waals surface area (Å²) in [7, 11) is 2.18. The molecule has 1 amide bonds. The fraction of sp³-hybridized carbons (Fsp3) is 0.423. The lowest BCUT2D eigenvalue weighted by molar-refractivity contribution is -0.198. The number of hydrogen-bond donors (Lipinski definition) is 1. The van der Waals surface area contributed by atoms with E-state index in [-0.39, 0.29) is 12.2 Å². The highest BCUT2D eigenvalue weighted by Crippen LogP contribution is 2.27. The molecular weight excluding hydrogens is 402 g/mol. The van der Waals surface area contributed by atoms with Gasteiger partial charge in [0.25, 0.3) is 5.91 Å². The maximum atomic E-state index is 12.0. The Morgan fingerprint density at radius 3 is 2.56 bits per heavy atom. The van der Waals surface area contributed by atoms with Gasteiger partial charge in [0, 0.05) is 51.0 Å². The molecule has 2 fully saturated rings. The van der Waals surface area contributed by atoms with Crippen molar-refractivity contribution < 1.29 is 14.4 Å². The van der Waals surface area contributed by atoms with Gasteiger partial charge < -0.3 is 14.5 Å². The molecule has 0 bridgehead atoms. The molecule has 0 radical (unpaired) electrons. The Kier molecular flexibility index (Phi) is 7.58. The Balaban J connectivity index is 1.34. The third-order valence-corrected chi connectivity index (χ3v) is 6.15. The van der Waals surface area contributed by atoms with Crippen LogP contribution in [-0.4, -0.2) is 56.9 Å². The number of carbonyl (C=O) groups excluding carboxylic acids is 1. The van der Waals surface area contributed by atoms with Gasteiger partial charge in [0.15, 0.2) is 6.29 Å². The third-order valence-electron chi connectivity index (χ3n) is 6.15. The molecule has 0 aromatic heterocycles. The lowest BCUT2D eigenvalue weighted by Crippen LogP contribution is -2.44. The first kappa shape index (κ1) is 22.5. The summed E-state index contributed by atoms with van der Waals surface area (Å²) in [6.07, 6.45) is 5.85. The van der Waals surface area contributed by atoms with Gasteiger partial charge in [0.2, 0.25) is 0 Å². The summed E-state index contributed by atoms with van der Waals surface area (Å²) in [5.41, 5.74) is 8.29. The van der Waals surface area contributed by atoms with E-state index in [9.17, 15) is 4.79 Å². The quantitative estimate of drug-likeness (QED) is 0.549. The van der Waals surface area contributed by atoms with Gasteiger partial charge in [-0.15, -0.1) is 0 Å². The summed E-state index contributed by atoms with van der Waals surface area (Å²) in [5.74, 6) is -0.291. The van der Waals surface area contributed by atoms with Gasteiger partial charge in [0.05, 0.1) is 0 Å². The zero-order chi connectivity index (χ0) is 22.3. The lowest BCUT2D eigenvalue weighted by atomic mass is 9.98. The molecule has 0 spiro atoms. The molecule has 2 heterocycles. The van der Waals surface area contributed by atoms with Crippen LogP contribution in [0.2, 0.25) is 0 Å². The second-order valence-electron chi connectivity index (χ2n) is 8.63. The van der Waals surface area contributed by atoms with E-state index in [1.54, 1.807) is 6.08 Å². The molecule has 2 aliphatic heterocycles. The molecule has 4 rings (SSSR count). The highest BCUT2D eigenvalue weighted by molar-refractivity contribution is 5.91. The van der Waals surface area contributed by atoms with Crippen molar-refractivity contribution in [2.75, 3.05) is 44.7 Å². The minimum Gasteiger partial charge on any atom is -0.369 e. The summed E-state index contributed by atoms with van der Waals surface area (Å²) in [6.45, 7) is 7.14. The zero-order valence-corrected chi connectivity index (χ0v) is 19.0. The Hall–Kier alpha value is -2.67. The van der Waals surface area contributed by atoms with E-state index in [1.165, 1.54) is 28.5 Å². The Morgan fingerprint density at radius 1 is 1.09 bits per heavy atom. The minimum absolute atomic E-state index is 0.291. The molecule has 1 N–H and O–H groups in total. The van der Waals surface area contributed by atoms with Crippen LogP contribution in [0.25, 0.3) is 17.2 Å². The molecule has 1 unspecified atom stereocenters. The normalized spacial score (nSPS) is 19.9. The topological polar surface area (TPSA) is 54.0 Å². The van der Waals surface area contributed by atoms with Gasteiger partial charge in [-0.3, -0.25) is 4.79 Å². The van der Waals surface area contributed by atoms with Crippen LogP contribution in [0.3, 0.4) is 0 Å². The van der Waals surface area contributed by atoms with Gasteiger partial charge in [-0.05, 0) is 67.3 Å². The highest BCUT2D eigenvalue weighted by Gasteiger charge is 2.15. The Bertz CT molecular complexity index is 928. The van der Waals surface area contributed by atoms with Crippen LogP contribution in [0.5, 0.6) is 0 Å².